The van der Waals surface area contributed by atoms with Gasteiger partial charge >= 0.3 is 0 Å². The average Bonchev–Trinajstić information content (AvgIpc) is 2.37. The van der Waals surface area contributed by atoms with Crippen LogP contribution in [0.15, 0.2) is 24.3 Å². The van der Waals surface area contributed by atoms with Gasteiger partial charge in [0, 0.05) is 13.1 Å². The highest BCUT2D eigenvalue weighted by atomic mass is 19.1. The number of hydrogen-bond donors (Lipinski definition) is 1. The van der Waals surface area contributed by atoms with Gasteiger partial charge in [-0.25, -0.2) is 4.39 Å². The normalized spacial score (nSPS) is 10.9. The summed E-state index contributed by atoms with van der Waals surface area (Å²) in [5.41, 5.74) is 0. The van der Waals surface area contributed by atoms with Gasteiger partial charge in [-0.2, -0.15) is 0 Å². The van der Waals surface area contributed by atoms with E-state index in [1.807, 2.05) is 0 Å². The van der Waals surface area contributed by atoms with Crippen LogP contribution in [0.1, 0.15) is 19.8 Å². The number of rotatable bonds is 9. The Hall–Kier alpha value is -1.13. The Labute approximate surface area is 108 Å². The minimum Gasteiger partial charge on any atom is -0.494 e. The Balaban J connectivity index is 2.18. The second-order valence-electron chi connectivity index (χ2n) is 4.22. The molecule has 0 unspecified atom stereocenters. The van der Waals surface area contributed by atoms with Gasteiger partial charge in [0.2, 0.25) is 0 Å². The zero-order valence-corrected chi connectivity index (χ0v) is 10.9. The van der Waals surface area contributed by atoms with E-state index >= 15 is 0 Å². The van der Waals surface area contributed by atoms with Crippen molar-refractivity contribution in [3.63, 3.8) is 0 Å². The first-order chi connectivity index (χ1) is 8.76. The van der Waals surface area contributed by atoms with Crippen LogP contribution < -0.4 is 4.74 Å². The summed E-state index contributed by atoms with van der Waals surface area (Å²) in [7, 11) is 0. The van der Waals surface area contributed by atoms with Crippen molar-refractivity contribution in [1.82, 2.24) is 4.90 Å². The van der Waals surface area contributed by atoms with E-state index in [1.54, 1.807) is 12.1 Å². The van der Waals surface area contributed by atoms with Crippen molar-refractivity contribution in [2.75, 3.05) is 32.8 Å². The van der Waals surface area contributed by atoms with E-state index in [0.717, 1.165) is 25.9 Å². The molecule has 1 aromatic carbocycles. The molecule has 0 saturated heterocycles. The van der Waals surface area contributed by atoms with Crippen LogP contribution in [0.25, 0.3) is 0 Å². The number of aliphatic hydroxyl groups is 1. The third kappa shape index (κ3) is 5.98. The zero-order chi connectivity index (χ0) is 13.2. The van der Waals surface area contributed by atoms with E-state index in [2.05, 4.69) is 11.8 Å². The van der Waals surface area contributed by atoms with Crippen LogP contribution in [-0.2, 0) is 0 Å². The van der Waals surface area contributed by atoms with Crippen molar-refractivity contribution in [2.45, 2.75) is 19.8 Å². The van der Waals surface area contributed by atoms with Crippen LogP contribution in [-0.4, -0.2) is 42.9 Å². The lowest BCUT2D eigenvalue weighted by Gasteiger charge is -2.20. The van der Waals surface area contributed by atoms with E-state index in [1.165, 1.54) is 12.1 Å². The van der Waals surface area contributed by atoms with Crippen LogP contribution >= 0.6 is 0 Å². The Morgan fingerprint density at radius 3 is 2.50 bits per heavy atom. The molecular weight excluding hydrogens is 233 g/mol. The molecule has 0 fully saturated rings. The lowest BCUT2D eigenvalue weighted by atomic mass is 10.3. The molecule has 1 rings (SSSR count). The summed E-state index contributed by atoms with van der Waals surface area (Å²) >= 11 is 0. The van der Waals surface area contributed by atoms with Crippen LogP contribution in [0, 0.1) is 5.82 Å². The summed E-state index contributed by atoms with van der Waals surface area (Å²) in [6.45, 7) is 5.55. The van der Waals surface area contributed by atoms with Crippen molar-refractivity contribution in [3.05, 3.63) is 30.1 Å². The number of benzene rings is 1. The molecule has 0 spiro atoms. The smallest absolute Gasteiger partial charge is 0.123 e. The largest absolute Gasteiger partial charge is 0.494 e. The SMILES string of the molecule is CCCN(CCO)CCCOc1ccc(F)cc1. The lowest BCUT2D eigenvalue weighted by molar-refractivity contribution is 0.183. The topological polar surface area (TPSA) is 32.7 Å². The third-order valence-corrected chi connectivity index (χ3v) is 2.66. The molecule has 102 valence electrons. The minimum absolute atomic E-state index is 0.193. The molecule has 0 saturated carbocycles. The number of nitrogens with zero attached hydrogens (tertiary/aromatic N) is 1. The van der Waals surface area contributed by atoms with E-state index in [9.17, 15) is 4.39 Å². The van der Waals surface area contributed by atoms with Crippen molar-refractivity contribution < 1.29 is 14.2 Å². The lowest BCUT2D eigenvalue weighted by Crippen LogP contribution is -2.29. The molecule has 0 atom stereocenters. The van der Waals surface area contributed by atoms with Crippen LogP contribution in [0.5, 0.6) is 5.75 Å². The summed E-state index contributed by atoms with van der Waals surface area (Å²) in [6.07, 6.45) is 1.98. The predicted molar refractivity (Wildman–Crippen MR) is 70.3 cm³/mol. The van der Waals surface area contributed by atoms with Crippen molar-refractivity contribution in [3.8, 4) is 5.75 Å². The van der Waals surface area contributed by atoms with Gasteiger partial charge in [0.15, 0.2) is 0 Å². The van der Waals surface area contributed by atoms with Gasteiger partial charge < -0.3 is 14.7 Å². The molecular formula is C14H22FNO2. The number of halogens is 1. The van der Waals surface area contributed by atoms with Crippen LogP contribution in [0.2, 0.25) is 0 Å². The molecule has 0 aliphatic carbocycles. The standard InChI is InChI=1S/C14H22FNO2/c1-2-8-16(10-11-17)9-3-12-18-14-6-4-13(15)5-7-14/h4-7,17H,2-3,8-12H2,1H3. The van der Waals surface area contributed by atoms with Crippen molar-refractivity contribution >= 4 is 0 Å². The van der Waals surface area contributed by atoms with Gasteiger partial charge in [-0.05, 0) is 43.7 Å². The highest BCUT2D eigenvalue weighted by Gasteiger charge is 2.02. The van der Waals surface area contributed by atoms with Gasteiger partial charge in [0.25, 0.3) is 0 Å². The highest BCUT2D eigenvalue weighted by Crippen LogP contribution is 2.11. The van der Waals surface area contributed by atoms with Gasteiger partial charge in [0.05, 0.1) is 13.2 Å². The predicted octanol–water partition coefficient (Wildman–Crippen LogP) is 2.30. The quantitative estimate of drug-likeness (QED) is 0.687. The molecule has 1 N–H and O–H groups in total. The molecule has 0 bridgehead atoms. The van der Waals surface area contributed by atoms with Gasteiger partial charge in [0.1, 0.15) is 11.6 Å². The first-order valence-corrected chi connectivity index (χ1v) is 6.48. The van der Waals surface area contributed by atoms with Crippen molar-refractivity contribution in [2.24, 2.45) is 0 Å². The van der Waals surface area contributed by atoms with Crippen molar-refractivity contribution in [1.29, 1.82) is 0 Å². The molecule has 18 heavy (non-hydrogen) atoms. The maximum Gasteiger partial charge on any atom is 0.123 e. The van der Waals surface area contributed by atoms with Gasteiger partial charge in [-0.1, -0.05) is 6.92 Å². The van der Waals surface area contributed by atoms with E-state index < -0.39 is 0 Å². The Morgan fingerprint density at radius 1 is 1.17 bits per heavy atom. The average molecular weight is 255 g/mol. The maximum atomic E-state index is 12.7. The zero-order valence-electron chi connectivity index (χ0n) is 10.9. The second kappa shape index (κ2) is 8.89. The maximum absolute atomic E-state index is 12.7. The first-order valence-electron chi connectivity index (χ1n) is 6.48. The molecule has 0 amide bonds. The fourth-order valence-electron chi connectivity index (χ4n) is 1.80. The Morgan fingerprint density at radius 2 is 1.89 bits per heavy atom. The monoisotopic (exact) mass is 255 g/mol. The Kier molecular flexibility index (Phi) is 7.37. The van der Waals surface area contributed by atoms with Crippen LogP contribution in [0.4, 0.5) is 4.39 Å². The molecule has 1 aromatic rings. The summed E-state index contributed by atoms with van der Waals surface area (Å²) in [4.78, 5) is 2.22. The first kappa shape index (κ1) is 14.9. The van der Waals surface area contributed by atoms with Gasteiger partial charge in [-0.3, -0.25) is 0 Å². The fourth-order valence-corrected chi connectivity index (χ4v) is 1.80. The molecule has 3 nitrogen and oxygen atoms in total. The highest BCUT2D eigenvalue weighted by molar-refractivity contribution is 5.21. The number of hydrogen-bond acceptors (Lipinski definition) is 3. The molecule has 0 heterocycles. The molecule has 0 radical (unpaired) electrons. The fraction of sp³-hybridized carbons (Fsp3) is 0.571. The van der Waals surface area contributed by atoms with E-state index in [0.29, 0.717) is 18.9 Å². The van der Waals surface area contributed by atoms with E-state index in [4.69, 9.17) is 9.84 Å². The molecule has 0 aliphatic heterocycles. The minimum atomic E-state index is -0.251. The molecule has 0 aliphatic rings. The van der Waals surface area contributed by atoms with Gasteiger partial charge in [-0.15, -0.1) is 0 Å². The summed E-state index contributed by atoms with van der Waals surface area (Å²) < 4.78 is 18.2. The third-order valence-electron chi connectivity index (χ3n) is 2.66. The molecule has 4 heteroatoms. The summed E-state index contributed by atoms with van der Waals surface area (Å²) in [5, 5.41) is 8.92. The number of ether oxygens (including phenoxy) is 1. The summed E-state index contributed by atoms with van der Waals surface area (Å²) in [6, 6.07) is 6.05. The summed E-state index contributed by atoms with van der Waals surface area (Å²) in [5.74, 6) is 0.444. The number of aliphatic hydroxyl groups excluding tert-OH is 1. The van der Waals surface area contributed by atoms with E-state index in [-0.39, 0.29) is 12.4 Å². The Bertz CT molecular complexity index is 310. The molecule has 0 aromatic heterocycles. The van der Waals surface area contributed by atoms with Crippen LogP contribution in [0.3, 0.4) is 0 Å². The second-order valence-corrected chi connectivity index (χ2v) is 4.22.